The molecule has 0 bridgehead atoms. The van der Waals surface area contributed by atoms with Gasteiger partial charge in [0.25, 0.3) is 5.79 Å². The third kappa shape index (κ3) is 6.62. The van der Waals surface area contributed by atoms with Crippen LogP contribution in [0.1, 0.15) is 31.1 Å². The van der Waals surface area contributed by atoms with Crippen molar-refractivity contribution >= 4 is 28.9 Å². The molecule has 5 aromatic carbocycles. The second kappa shape index (κ2) is 15.9. The van der Waals surface area contributed by atoms with Gasteiger partial charge in [-0.2, -0.15) is 0 Å². The number of carbonyl (C=O) groups is 5. The van der Waals surface area contributed by atoms with Gasteiger partial charge >= 0.3 is 0 Å². The summed E-state index contributed by atoms with van der Waals surface area (Å²) in [4.78, 5) is 72.5. The Morgan fingerprint density at radius 1 is 0.607 bits per heavy atom. The highest BCUT2D eigenvalue weighted by Crippen LogP contribution is 2.54. The molecule has 1 aliphatic heterocycles. The first-order valence-electron chi connectivity index (χ1n) is 17.3. The summed E-state index contributed by atoms with van der Waals surface area (Å²) in [7, 11) is 0. The van der Waals surface area contributed by atoms with E-state index in [-0.39, 0.29) is 17.1 Å². The summed E-state index contributed by atoms with van der Waals surface area (Å²) in [6.45, 7) is -2.38. The van der Waals surface area contributed by atoms with Gasteiger partial charge in [0.1, 0.15) is 24.2 Å². The van der Waals surface area contributed by atoms with Crippen LogP contribution in [0.3, 0.4) is 0 Å². The fraction of sp³-hybridized carbons (Fsp3) is 0.186. The second-order valence-electron chi connectivity index (χ2n) is 13.0. The first kappa shape index (κ1) is 39.5. The van der Waals surface area contributed by atoms with E-state index in [1.165, 1.54) is 91.0 Å². The van der Waals surface area contributed by atoms with E-state index >= 15 is 4.79 Å². The summed E-state index contributed by atoms with van der Waals surface area (Å²) in [5.41, 5.74) is -13.2. The number of benzene rings is 5. The third-order valence-electron chi connectivity index (χ3n) is 9.66. The van der Waals surface area contributed by atoms with Gasteiger partial charge in [0.15, 0.2) is 18.5 Å². The van der Waals surface area contributed by atoms with Crippen LogP contribution in [0.4, 0.5) is 0 Å². The average Bonchev–Trinajstić information content (AvgIpc) is 3.45. The van der Waals surface area contributed by atoms with Crippen molar-refractivity contribution in [1.29, 1.82) is 0 Å². The molecule has 0 aromatic heterocycles. The molecule has 0 saturated carbocycles. The summed E-state index contributed by atoms with van der Waals surface area (Å²) in [5.74, 6) is -11.9. The number of para-hydroxylation sites is 2. The van der Waals surface area contributed by atoms with Gasteiger partial charge in [0.2, 0.25) is 39.9 Å². The van der Waals surface area contributed by atoms with E-state index in [4.69, 9.17) is 14.2 Å². The average molecular weight is 761 g/mol. The van der Waals surface area contributed by atoms with Crippen LogP contribution in [-0.4, -0.2) is 102 Å². The number of carbonyl (C=O) groups excluding carboxylic acids is 5. The van der Waals surface area contributed by atoms with Gasteiger partial charge in [-0.3, -0.25) is 24.0 Å². The minimum atomic E-state index is -4.05. The Labute approximate surface area is 320 Å². The van der Waals surface area contributed by atoms with Crippen LogP contribution >= 0.6 is 0 Å². The van der Waals surface area contributed by atoms with Gasteiger partial charge in [-0.15, -0.1) is 0 Å². The lowest BCUT2D eigenvalue weighted by Crippen LogP contribution is -2.76. The van der Waals surface area contributed by atoms with Crippen molar-refractivity contribution in [1.82, 2.24) is 0 Å². The van der Waals surface area contributed by atoms with Crippen molar-refractivity contribution in [3.8, 4) is 11.5 Å². The lowest BCUT2D eigenvalue weighted by atomic mass is 9.63. The van der Waals surface area contributed by atoms with E-state index in [2.05, 4.69) is 0 Å². The minimum absolute atomic E-state index is 0.0615. The molecule has 13 heteroatoms. The molecule has 5 aromatic rings. The molecule has 0 amide bonds. The maximum atomic E-state index is 15.1. The van der Waals surface area contributed by atoms with E-state index in [0.29, 0.717) is 0 Å². The molecule has 1 aliphatic rings. The molecule has 0 aliphatic carbocycles. The Hall–Kier alpha value is -6.19. The van der Waals surface area contributed by atoms with Crippen molar-refractivity contribution in [3.05, 3.63) is 168 Å². The second-order valence-corrected chi connectivity index (χ2v) is 13.0. The number of hydrogen-bond acceptors (Lipinski definition) is 13. The number of Topliss-reactive ketones (excluding diaryl/α,β-unsaturated/α-hetero) is 5. The van der Waals surface area contributed by atoms with Crippen LogP contribution < -0.4 is 9.47 Å². The molecule has 1 fully saturated rings. The molecule has 0 spiro atoms. The van der Waals surface area contributed by atoms with Gasteiger partial charge in [0.05, 0.1) is 0 Å². The zero-order valence-corrected chi connectivity index (χ0v) is 29.5. The van der Waals surface area contributed by atoms with E-state index in [0.717, 1.165) is 24.3 Å². The van der Waals surface area contributed by atoms with E-state index < -0.39 is 88.1 Å². The molecule has 56 heavy (non-hydrogen) atoms. The molecule has 2 unspecified atom stereocenters. The molecule has 13 nitrogen and oxygen atoms in total. The molecular weight excluding hydrogens is 724 g/mol. The third-order valence-corrected chi connectivity index (χ3v) is 9.66. The smallest absolute Gasteiger partial charge is 0.271 e. The van der Waals surface area contributed by atoms with Crippen LogP contribution in [0.5, 0.6) is 11.5 Å². The summed E-state index contributed by atoms with van der Waals surface area (Å²) >= 11 is 0. The lowest BCUT2D eigenvalue weighted by Gasteiger charge is -2.45. The van der Waals surface area contributed by atoms with Gasteiger partial charge in [-0.05, 0) is 24.3 Å². The fourth-order valence-electron chi connectivity index (χ4n) is 6.69. The van der Waals surface area contributed by atoms with Crippen molar-refractivity contribution < 1.29 is 63.7 Å². The van der Waals surface area contributed by atoms with Crippen molar-refractivity contribution in [3.63, 3.8) is 0 Å². The Bertz CT molecular complexity index is 2200. The lowest BCUT2D eigenvalue weighted by molar-refractivity contribution is -0.269. The Morgan fingerprint density at radius 3 is 1.46 bits per heavy atom. The number of ketones is 5. The first-order valence-corrected chi connectivity index (χ1v) is 17.3. The summed E-state index contributed by atoms with van der Waals surface area (Å²) in [6, 6.07) is 34.8. The summed E-state index contributed by atoms with van der Waals surface area (Å²) in [6.07, 6.45) is -6.35. The number of aliphatic hydroxyl groups is 5. The van der Waals surface area contributed by atoms with E-state index in [9.17, 15) is 44.7 Å². The summed E-state index contributed by atoms with van der Waals surface area (Å²) in [5, 5.41) is 62.4. The Morgan fingerprint density at radius 2 is 1.00 bits per heavy atom. The van der Waals surface area contributed by atoms with Gasteiger partial charge in [-0.25, -0.2) is 0 Å². The number of hydrogen-bond donors (Lipinski definition) is 5. The predicted molar refractivity (Wildman–Crippen MR) is 197 cm³/mol. The normalized spacial score (nSPS) is 23.3. The highest BCUT2D eigenvalue weighted by Gasteiger charge is 2.85. The largest absolute Gasteiger partial charge is 0.486 e. The molecular formula is C43H36O13. The molecule has 5 N–H and O–H groups in total. The van der Waals surface area contributed by atoms with Crippen molar-refractivity contribution in [2.75, 3.05) is 13.2 Å². The number of rotatable bonds is 16. The topological polar surface area (TPSA) is 214 Å². The number of aliphatic hydroxyl groups excluding tert-OH is 2. The zero-order valence-electron chi connectivity index (χ0n) is 29.5. The SMILES string of the molecule is O=C(c1ccccc1)C(O)[C@](O)(C(=O)c1ccccc1)[C@@]1(C(=O)c2ccccc2)OC(O)(C(=O)COc2ccccc2)[C@@](O)(C(=O)COc2ccccc2)[C@@H]1O. The van der Waals surface area contributed by atoms with Gasteiger partial charge in [-0.1, -0.05) is 127 Å². The van der Waals surface area contributed by atoms with Gasteiger partial charge < -0.3 is 39.7 Å². The molecule has 6 atom stereocenters. The Kier molecular flexibility index (Phi) is 11.2. The predicted octanol–water partition coefficient (Wildman–Crippen LogP) is 2.57. The highest BCUT2D eigenvalue weighted by molar-refractivity contribution is 6.18. The van der Waals surface area contributed by atoms with Crippen LogP contribution in [0, 0.1) is 0 Å². The van der Waals surface area contributed by atoms with Crippen LogP contribution in [0.25, 0.3) is 0 Å². The van der Waals surface area contributed by atoms with E-state index in [1.54, 1.807) is 36.4 Å². The van der Waals surface area contributed by atoms with Gasteiger partial charge in [0, 0.05) is 16.7 Å². The zero-order chi connectivity index (χ0) is 40.1. The van der Waals surface area contributed by atoms with E-state index in [1.807, 2.05) is 0 Å². The first-order chi connectivity index (χ1) is 26.8. The van der Waals surface area contributed by atoms with Crippen molar-refractivity contribution in [2.45, 2.75) is 34.8 Å². The number of ether oxygens (including phenoxy) is 3. The quantitative estimate of drug-likeness (QED) is 0.0917. The van der Waals surface area contributed by atoms with Crippen molar-refractivity contribution in [2.24, 2.45) is 0 Å². The maximum absolute atomic E-state index is 15.1. The van der Waals surface area contributed by atoms with Crippen LogP contribution in [0.15, 0.2) is 152 Å². The maximum Gasteiger partial charge on any atom is 0.271 e. The van der Waals surface area contributed by atoms with Crippen LogP contribution in [-0.2, 0) is 14.3 Å². The minimum Gasteiger partial charge on any atom is -0.486 e. The summed E-state index contributed by atoms with van der Waals surface area (Å²) < 4.78 is 16.8. The molecule has 6 rings (SSSR count). The molecule has 0 radical (unpaired) electrons. The standard InChI is InChI=1S/C43H36O13/c44-33(26-54-31-22-12-4-13-23-31)40(51)39(50)42(37(48)30-20-10-3-11-21-30,56-43(40,53)34(45)27-55-32-24-14-5-15-25-32)41(52,36(47)29-18-8-2-9-19-29)38(49)35(46)28-16-6-1-7-17-28/h1-25,38-39,49-53H,26-27H2/t38?,39-,40+,41+,42-,43?/m0/s1. The molecule has 1 saturated heterocycles. The fourth-order valence-corrected chi connectivity index (χ4v) is 6.69. The monoisotopic (exact) mass is 760 g/mol. The highest BCUT2D eigenvalue weighted by atomic mass is 16.7. The van der Waals surface area contributed by atoms with Crippen LogP contribution in [0.2, 0.25) is 0 Å². The molecule has 1 heterocycles. The Balaban J connectivity index is 1.61. The molecule has 286 valence electrons.